The first-order valence-corrected chi connectivity index (χ1v) is 12.3. The van der Waals surface area contributed by atoms with E-state index < -0.39 is 16.1 Å². The standard InChI is InChI=1S/C24H29N3O5S/c1-3-32-24(29)26(2)22-11-9-21(10-12-22)25-23(28)20-13-16-27(17-14-20)33(30,31)18-15-19-7-5-4-6-8-19/h4-12,15,18,20H,3,13-14,16-17H2,1-2H3,(H,25,28)/b18-15+. The molecule has 2 aromatic rings. The maximum atomic E-state index is 12.7. The van der Waals surface area contributed by atoms with Crippen LogP contribution >= 0.6 is 0 Å². The van der Waals surface area contributed by atoms with Gasteiger partial charge in [0.25, 0.3) is 0 Å². The van der Waals surface area contributed by atoms with Crippen molar-refractivity contribution in [1.82, 2.24) is 4.31 Å². The van der Waals surface area contributed by atoms with Gasteiger partial charge in [-0.15, -0.1) is 0 Å². The molecule has 8 nitrogen and oxygen atoms in total. The van der Waals surface area contributed by atoms with Gasteiger partial charge in [0.05, 0.1) is 6.61 Å². The third-order valence-corrected chi connectivity index (χ3v) is 7.05. The molecule has 0 unspecified atom stereocenters. The number of hydrogen-bond acceptors (Lipinski definition) is 5. The Morgan fingerprint density at radius 1 is 1.09 bits per heavy atom. The van der Waals surface area contributed by atoms with Gasteiger partial charge in [-0.25, -0.2) is 13.2 Å². The molecule has 2 aromatic carbocycles. The third-order valence-electron chi connectivity index (χ3n) is 5.48. The Morgan fingerprint density at radius 2 is 1.73 bits per heavy atom. The molecule has 1 aliphatic rings. The highest BCUT2D eigenvalue weighted by Crippen LogP contribution is 2.23. The largest absolute Gasteiger partial charge is 0.449 e. The zero-order valence-electron chi connectivity index (χ0n) is 18.8. The lowest BCUT2D eigenvalue weighted by Crippen LogP contribution is -2.40. The summed E-state index contributed by atoms with van der Waals surface area (Å²) in [5.74, 6) is -0.408. The van der Waals surface area contributed by atoms with Crippen LogP contribution in [-0.4, -0.2) is 51.5 Å². The van der Waals surface area contributed by atoms with Crippen molar-refractivity contribution in [1.29, 1.82) is 0 Å². The van der Waals surface area contributed by atoms with Gasteiger partial charge in [0.1, 0.15) is 0 Å². The quantitative estimate of drug-likeness (QED) is 0.660. The lowest BCUT2D eigenvalue weighted by Gasteiger charge is -2.29. The molecular weight excluding hydrogens is 442 g/mol. The number of carbonyl (C=O) groups excluding carboxylic acids is 2. The predicted molar refractivity (Wildman–Crippen MR) is 129 cm³/mol. The summed E-state index contributed by atoms with van der Waals surface area (Å²) in [7, 11) is -1.92. The van der Waals surface area contributed by atoms with Gasteiger partial charge in [-0.2, -0.15) is 4.31 Å². The number of anilines is 2. The first kappa shape index (κ1) is 24.5. The zero-order valence-corrected chi connectivity index (χ0v) is 19.6. The van der Waals surface area contributed by atoms with Crippen LogP contribution in [0, 0.1) is 5.92 Å². The monoisotopic (exact) mass is 471 g/mol. The molecule has 0 aliphatic carbocycles. The van der Waals surface area contributed by atoms with Crippen LogP contribution < -0.4 is 10.2 Å². The van der Waals surface area contributed by atoms with Gasteiger partial charge in [0.2, 0.25) is 15.9 Å². The Balaban J connectivity index is 1.52. The second kappa shape index (κ2) is 11.1. The van der Waals surface area contributed by atoms with E-state index in [9.17, 15) is 18.0 Å². The van der Waals surface area contributed by atoms with Gasteiger partial charge in [-0.1, -0.05) is 30.3 Å². The summed E-state index contributed by atoms with van der Waals surface area (Å²) in [4.78, 5) is 25.9. The average Bonchev–Trinajstić information content (AvgIpc) is 2.84. The molecule has 0 aromatic heterocycles. The Kier molecular flexibility index (Phi) is 8.24. The lowest BCUT2D eigenvalue weighted by atomic mass is 9.97. The molecule has 1 saturated heterocycles. The van der Waals surface area contributed by atoms with Gasteiger partial charge < -0.3 is 10.1 Å². The fourth-order valence-corrected chi connectivity index (χ4v) is 4.75. The van der Waals surface area contributed by atoms with E-state index in [1.165, 1.54) is 14.6 Å². The van der Waals surface area contributed by atoms with Gasteiger partial charge in [-0.3, -0.25) is 9.69 Å². The maximum absolute atomic E-state index is 12.7. The van der Waals surface area contributed by atoms with E-state index in [1.807, 2.05) is 30.3 Å². The lowest BCUT2D eigenvalue weighted by molar-refractivity contribution is -0.120. The van der Waals surface area contributed by atoms with Crippen LogP contribution in [-0.2, 0) is 19.6 Å². The van der Waals surface area contributed by atoms with E-state index in [0.717, 1.165) is 5.56 Å². The average molecular weight is 472 g/mol. The Bertz CT molecular complexity index is 1080. The summed E-state index contributed by atoms with van der Waals surface area (Å²) >= 11 is 0. The number of ether oxygens (including phenoxy) is 1. The van der Waals surface area contributed by atoms with Gasteiger partial charge in [0, 0.05) is 42.8 Å². The van der Waals surface area contributed by atoms with Crippen molar-refractivity contribution >= 4 is 39.5 Å². The van der Waals surface area contributed by atoms with Crippen LogP contribution in [0.3, 0.4) is 0 Å². The highest BCUT2D eigenvalue weighted by atomic mass is 32.2. The van der Waals surface area contributed by atoms with Crippen LogP contribution in [0.25, 0.3) is 6.08 Å². The third kappa shape index (κ3) is 6.66. The fraction of sp³-hybridized carbons (Fsp3) is 0.333. The number of carbonyl (C=O) groups is 2. The molecule has 9 heteroatoms. The predicted octanol–water partition coefficient (Wildman–Crippen LogP) is 3.93. The van der Waals surface area contributed by atoms with E-state index in [2.05, 4.69) is 5.32 Å². The van der Waals surface area contributed by atoms with Crippen molar-refractivity contribution in [2.24, 2.45) is 5.92 Å². The molecule has 0 atom stereocenters. The van der Waals surface area contributed by atoms with E-state index >= 15 is 0 Å². The number of piperidine rings is 1. The number of nitrogens with one attached hydrogen (secondary N) is 1. The van der Waals surface area contributed by atoms with Gasteiger partial charge in [0.15, 0.2) is 0 Å². The molecule has 1 fully saturated rings. The fourth-order valence-electron chi connectivity index (χ4n) is 3.53. The van der Waals surface area contributed by atoms with Crippen LogP contribution in [0.1, 0.15) is 25.3 Å². The number of nitrogens with zero attached hydrogens (tertiary/aromatic N) is 2. The molecule has 3 rings (SSSR count). The number of sulfonamides is 1. The summed E-state index contributed by atoms with van der Waals surface area (Å²) in [6, 6.07) is 16.1. The van der Waals surface area contributed by atoms with Crippen molar-refractivity contribution in [3.8, 4) is 0 Å². The Morgan fingerprint density at radius 3 is 2.33 bits per heavy atom. The molecule has 1 aliphatic heterocycles. The highest BCUT2D eigenvalue weighted by molar-refractivity contribution is 7.92. The van der Waals surface area contributed by atoms with E-state index in [-0.39, 0.29) is 11.8 Å². The Hall–Kier alpha value is -3.17. The first-order valence-electron chi connectivity index (χ1n) is 10.8. The van der Waals surface area contributed by atoms with Crippen LogP contribution in [0.15, 0.2) is 60.0 Å². The van der Waals surface area contributed by atoms with Crippen molar-refractivity contribution in [3.63, 3.8) is 0 Å². The van der Waals surface area contributed by atoms with Crippen molar-refractivity contribution in [3.05, 3.63) is 65.6 Å². The Labute approximate surface area is 194 Å². The van der Waals surface area contributed by atoms with Gasteiger partial charge >= 0.3 is 6.09 Å². The summed E-state index contributed by atoms with van der Waals surface area (Å²) in [6.45, 7) is 2.62. The van der Waals surface area contributed by atoms with E-state index in [0.29, 0.717) is 43.9 Å². The molecular formula is C24H29N3O5S. The minimum absolute atomic E-state index is 0.140. The molecule has 0 saturated carbocycles. The topological polar surface area (TPSA) is 96.0 Å². The minimum Gasteiger partial charge on any atom is -0.449 e. The number of hydrogen-bond donors (Lipinski definition) is 1. The normalized spacial score (nSPS) is 15.3. The second-order valence-electron chi connectivity index (χ2n) is 7.73. The van der Waals surface area contributed by atoms with E-state index in [1.54, 1.807) is 44.3 Å². The van der Waals surface area contributed by atoms with Crippen LogP contribution in [0.4, 0.5) is 16.2 Å². The van der Waals surface area contributed by atoms with Gasteiger partial charge in [-0.05, 0) is 55.7 Å². The van der Waals surface area contributed by atoms with Crippen LogP contribution in [0.2, 0.25) is 0 Å². The highest BCUT2D eigenvalue weighted by Gasteiger charge is 2.30. The minimum atomic E-state index is -3.54. The summed E-state index contributed by atoms with van der Waals surface area (Å²) in [6.07, 6.45) is 2.04. The van der Waals surface area contributed by atoms with E-state index in [4.69, 9.17) is 4.74 Å². The molecule has 0 spiro atoms. The molecule has 0 bridgehead atoms. The smallest absolute Gasteiger partial charge is 0.413 e. The molecule has 2 amide bonds. The molecule has 33 heavy (non-hydrogen) atoms. The molecule has 1 N–H and O–H groups in total. The first-order chi connectivity index (χ1) is 15.8. The number of benzene rings is 2. The van der Waals surface area contributed by atoms with Crippen molar-refractivity contribution in [2.75, 3.05) is 37.0 Å². The summed E-state index contributed by atoms with van der Waals surface area (Å²) < 4.78 is 31.6. The summed E-state index contributed by atoms with van der Waals surface area (Å²) in [5, 5.41) is 4.10. The SMILES string of the molecule is CCOC(=O)N(C)c1ccc(NC(=O)C2CCN(S(=O)(=O)/C=C/c3ccccc3)CC2)cc1. The number of amides is 2. The second-order valence-corrected chi connectivity index (χ2v) is 9.54. The maximum Gasteiger partial charge on any atom is 0.413 e. The molecule has 1 heterocycles. The van der Waals surface area contributed by atoms with Crippen molar-refractivity contribution < 1.29 is 22.7 Å². The van der Waals surface area contributed by atoms with Crippen molar-refractivity contribution in [2.45, 2.75) is 19.8 Å². The zero-order chi connectivity index (χ0) is 23.8. The number of rotatable bonds is 7. The van der Waals surface area contributed by atoms with Crippen LogP contribution in [0.5, 0.6) is 0 Å². The summed E-state index contributed by atoms with van der Waals surface area (Å²) in [5.41, 5.74) is 2.07. The molecule has 0 radical (unpaired) electrons. The molecule has 176 valence electrons.